The van der Waals surface area contributed by atoms with Crippen LogP contribution in [-0.2, 0) is 13.0 Å². The molecule has 1 unspecified atom stereocenters. The molecule has 27 heavy (non-hydrogen) atoms. The zero-order valence-corrected chi connectivity index (χ0v) is 15.9. The highest BCUT2D eigenvalue weighted by Crippen LogP contribution is 2.35. The highest BCUT2D eigenvalue weighted by Gasteiger charge is 2.19. The van der Waals surface area contributed by atoms with Crippen molar-refractivity contribution in [2.45, 2.75) is 33.2 Å². The van der Waals surface area contributed by atoms with Crippen LogP contribution in [0, 0.1) is 5.92 Å². The van der Waals surface area contributed by atoms with Crippen LogP contribution in [0.4, 0.5) is 5.69 Å². The molecule has 0 fully saturated rings. The highest BCUT2D eigenvalue weighted by atomic mass is 16.5. The van der Waals surface area contributed by atoms with Gasteiger partial charge in [-0.15, -0.1) is 0 Å². The Balaban J connectivity index is 1.55. The van der Waals surface area contributed by atoms with Crippen LogP contribution in [0.2, 0.25) is 0 Å². The fourth-order valence-corrected chi connectivity index (χ4v) is 3.70. The third-order valence-corrected chi connectivity index (χ3v) is 5.02. The second-order valence-corrected chi connectivity index (χ2v) is 6.82. The van der Waals surface area contributed by atoms with Crippen molar-refractivity contribution in [1.29, 1.82) is 0 Å². The van der Waals surface area contributed by atoms with Gasteiger partial charge in [-0.3, -0.25) is 4.98 Å². The van der Waals surface area contributed by atoms with Crippen LogP contribution in [0.15, 0.2) is 36.8 Å². The van der Waals surface area contributed by atoms with Crippen molar-refractivity contribution in [3.63, 3.8) is 0 Å². The van der Waals surface area contributed by atoms with Gasteiger partial charge < -0.3 is 19.4 Å². The molecule has 3 aromatic rings. The normalized spacial score (nSPS) is 16.1. The quantitative estimate of drug-likeness (QED) is 0.687. The number of aromatic nitrogens is 3. The molecule has 0 saturated carbocycles. The minimum Gasteiger partial charge on any atom is -0.490 e. The lowest BCUT2D eigenvalue weighted by atomic mass is 9.99. The van der Waals surface area contributed by atoms with Crippen LogP contribution in [-0.4, -0.2) is 34.3 Å². The van der Waals surface area contributed by atoms with Crippen molar-refractivity contribution in [3.8, 4) is 11.5 Å². The molecule has 0 bridgehead atoms. The Kier molecular flexibility index (Phi) is 5.14. The van der Waals surface area contributed by atoms with Gasteiger partial charge in [0.2, 0.25) is 0 Å². The number of imidazole rings is 1. The minimum absolute atomic E-state index is 0.587. The number of hydrogen-bond donors (Lipinski definition) is 1. The van der Waals surface area contributed by atoms with E-state index in [-0.39, 0.29) is 0 Å². The Morgan fingerprint density at radius 3 is 2.74 bits per heavy atom. The number of nitrogens with one attached hydrogen (secondary N) is 1. The summed E-state index contributed by atoms with van der Waals surface area (Å²) >= 11 is 0. The molecular weight excluding hydrogens is 340 g/mol. The van der Waals surface area contributed by atoms with Gasteiger partial charge in [-0.1, -0.05) is 0 Å². The standard InChI is InChI=1S/C21H26N4O2/c1-3-26-19-11-16-17(7-8-22-18(16)12-20(19)27-4-2)24-13-15-5-6-21-23-9-10-25(21)14-15/h7-12,15H,3-6,13-14H2,1-2H3,(H,22,24). The lowest BCUT2D eigenvalue weighted by Crippen LogP contribution is -2.25. The first kappa shape index (κ1) is 17.6. The predicted molar refractivity (Wildman–Crippen MR) is 107 cm³/mol. The SMILES string of the molecule is CCOc1cc2nccc(NCC3CCc4nccn4C3)c2cc1OCC. The van der Waals surface area contributed by atoms with E-state index in [0.717, 1.165) is 54.0 Å². The number of benzene rings is 1. The van der Waals surface area contributed by atoms with Crippen molar-refractivity contribution in [2.24, 2.45) is 5.92 Å². The van der Waals surface area contributed by atoms with Crippen LogP contribution >= 0.6 is 0 Å². The maximum absolute atomic E-state index is 5.79. The molecule has 6 heteroatoms. The molecule has 1 aliphatic rings. The lowest BCUT2D eigenvalue weighted by Gasteiger charge is -2.24. The second kappa shape index (κ2) is 7.86. The zero-order chi connectivity index (χ0) is 18.6. The molecule has 1 N–H and O–H groups in total. The van der Waals surface area contributed by atoms with Crippen LogP contribution < -0.4 is 14.8 Å². The molecule has 0 saturated heterocycles. The van der Waals surface area contributed by atoms with Crippen molar-refractivity contribution < 1.29 is 9.47 Å². The number of ether oxygens (including phenoxy) is 2. The van der Waals surface area contributed by atoms with Gasteiger partial charge in [0.25, 0.3) is 0 Å². The van der Waals surface area contributed by atoms with Crippen molar-refractivity contribution >= 4 is 16.6 Å². The number of fused-ring (bicyclic) bond motifs is 2. The number of hydrogen-bond acceptors (Lipinski definition) is 5. The first-order valence-corrected chi connectivity index (χ1v) is 9.70. The highest BCUT2D eigenvalue weighted by molar-refractivity contribution is 5.93. The van der Waals surface area contributed by atoms with E-state index in [9.17, 15) is 0 Å². The van der Waals surface area contributed by atoms with Gasteiger partial charge in [-0.25, -0.2) is 4.98 Å². The van der Waals surface area contributed by atoms with Crippen molar-refractivity contribution in [2.75, 3.05) is 25.1 Å². The fourth-order valence-electron chi connectivity index (χ4n) is 3.70. The molecule has 6 nitrogen and oxygen atoms in total. The van der Waals surface area contributed by atoms with E-state index in [2.05, 4.69) is 26.0 Å². The third-order valence-electron chi connectivity index (χ3n) is 5.02. The largest absolute Gasteiger partial charge is 0.490 e. The summed E-state index contributed by atoms with van der Waals surface area (Å²) in [5.74, 6) is 3.30. The maximum atomic E-state index is 5.79. The van der Waals surface area contributed by atoms with Gasteiger partial charge in [-0.2, -0.15) is 0 Å². The average molecular weight is 366 g/mol. The van der Waals surface area contributed by atoms with E-state index in [4.69, 9.17) is 9.47 Å². The van der Waals surface area contributed by atoms with Gasteiger partial charge in [0.05, 0.1) is 18.7 Å². The minimum atomic E-state index is 0.587. The summed E-state index contributed by atoms with van der Waals surface area (Å²) in [6.45, 7) is 7.10. The molecule has 1 aromatic carbocycles. The smallest absolute Gasteiger partial charge is 0.163 e. The zero-order valence-electron chi connectivity index (χ0n) is 15.9. The Labute approximate surface area is 159 Å². The summed E-state index contributed by atoms with van der Waals surface area (Å²) < 4.78 is 13.8. The van der Waals surface area contributed by atoms with Crippen LogP contribution in [0.1, 0.15) is 26.1 Å². The molecule has 142 valence electrons. The van der Waals surface area contributed by atoms with Crippen LogP contribution in [0.25, 0.3) is 10.9 Å². The first-order chi connectivity index (χ1) is 13.3. The average Bonchev–Trinajstić information content (AvgIpc) is 3.15. The lowest BCUT2D eigenvalue weighted by molar-refractivity contribution is 0.288. The molecule has 0 radical (unpaired) electrons. The monoisotopic (exact) mass is 366 g/mol. The van der Waals surface area contributed by atoms with Crippen LogP contribution in [0.3, 0.4) is 0 Å². The Hall–Kier alpha value is -2.76. The van der Waals surface area contributed by atoms with Gasteiger partial charge >= 0.3 is 0 Å². The van der Waals surface area contributed by atoms with E-state index in [1.54, 1.807) is 0 Å². The Morgan fingerprint density at radius 1 is 1.11 bits per heavy atom. The van der Waals surface area contributed by atoms with Crippen LogP contribution in [0.5, 0.6) is 11.5 Å². The summed E-state index contributed by atoms with van der Waals surface area (Å²) in [7, 11) is 0. The summed E-state index contributed by atoms with van der Waals surface area (Å²) in [6, 6.07) is 6.03. The molecule has 0 spiro atoms. The molecule has 1 aliphatic heterocycles. The molecule has 4 rings (SSSR count). The van der Waals surface area contributed by atoms with E-state index < -0.39 is 0 Å². The summed E-state index contributed by atoms with van der Waals surface area (Å²) in [6.07, 6.45) is 8.02. The predicted octanol–water partition coefficient (Wildman–Crippen LogP) is 3.90. The van der Waals surface area contributed by atoms with E-state index in [1.807, 2.05) is 44.4 Å². The molecule has 1 atom stereocenters. The first-order valence-electron chi connectivity index (χ1n) is 9.70. The maximum Gasteiger partial charge on any atom is 0.163 e. The van der Waals surface area contributed by atoms with Gasteiger partial charge in [0, 0.05) is 55.2 Å². The summed E-state index contributed by atoms with van der Waals surface area (Å²) in [5.41, 5.74) is 1.99. The number of aryl methyl sites for hydroxylation is 1. The van der Waals surface area contributed by atoms with E-state index >= 15 is 0 Å². The second-order valence-electron chi connectivity index (χ2n) is 6.82. The molecule has 3 heterocycles. The molecule has 0 aliphatic carbocycles. The number of pyridine rings is 1. The molecular formula is C21H26N4O2. The van der Waals surface area contributed by atoms with Gasteiger partial charge in [0.15, 0.2) is 11.5 Å². The summed E-state index contributed by atoms with van der Waals surface area (Å²) in [5, 5.41) is 4.69. The van der Waals surface area contributed by atoms with Gasteiger partial charge in [-0.05, 0) is 38.3 Å². The van der Waals surface area contributed by atoms with Gasteiger partial charge in [0.1, 0.15) is 5.82 Å². The fraction of sp³-hybridized carbons (Fsp3) is 0.429. The Morgan fingerprint density at radius 2 is 1.93 bits per heavy atom. The topological polar surface area (TPSA) is 61.2 Å². The number of anilines is 1. The van der Waals surface area contributed by atoms with Crippen molar-refractivity contribution in [3.05, 3.63) is 42.6 Å². The van der Waals surface area contributed by atoms with Crippen molar-refractivity contribution in [1.82, 2.24) is 14.5 Å². The van der Waals surface area contributed by atoms with E-state index in [1.165, 1.54) is 5.82 Å². The third kappa shape index (κ3) is 3.70. The molecule has 0 amide bonds. The Bertz CT molecular complexity index is 922. The van der Waals surface area contributed by atoms with E-state index in [0.29, 0.717) is 19.1 Å². The number of rotatable bonds is 7. The molecule has 2 aromatic heterocycles. The summed E-state index contributed by atoms with van der Waals surface area (Å²) in [4.78, 5) is 8.93. The number of nitrogens with zero attached hydrogens (tertiary/aromatic N) is 3.